The fourth-order valence-corrected chi connectivity index (χ4v) is 3.42. The van der Waals surface area contributed by atoms with Crippen LogP contribution >= 0.6 is 0 Å². The van der Waals surface area contributed by atoms with Gasteiger partial charge in [0.05, 0.1) is 16.3 Å². The molecule has 1 aromatic heterocycles. The molecule has 0 bridgehead atoms. The van der Waals surface area contributed by atoms with Crippen LogP contribution in [-0.4, -0.2) is 18.6 Å². The molecule has 0 fully saturated rings. The summed E-state index contributed by atoms with van der Waals surface area (Å²) in [6.45, 7) is 1.83. The Morgan fingerprint density at radius 3 is 2.41 bits per heavy atom. The molecule has 0 saturated heterocycles. The average molecular weight is 390 g/mol. The molecule has 0 aliphatic rings. The summed E-state index contributed by atoms with van der Waals surface area (Å²) in [6, 6.07) is 11.1. The van der Waals surface area contributed by atoms with Crippen molar-refractivity contribution < 1.29 is 17.2 Å². The largest absolute Gasteiger partial charge is 0.336 e. The van der Waals surface area contributed by atoms with Gasteiger partial charge in [0.2, 0.25) is 10.0 Å². The maximum Gasteiger partial charge on any atom is 0.238 e. The summed E-state index contributed by atoms with van der Waals surface area (Å²) < 4.78 is 50.2. The highest BCUT2D eigenvalue weighted by molar-refractivity contribution is 7.89. The van der Waals surface area contributed by atoms with Crippen molar-refractivity contribution in [1.82, 2.24) is 10.2 Å². The van der Waals surface area contributed by atoms with Gasteiger partial charge in [0.1, 0.15) is 11.6 Å². The van der Waals surface area contributed by atoms with Gasteiger partial charge in [-0.2, -0.15) is 0 Å². The lowest BCUT2D eigenvalue weighted by Crippen LogP contribution is -2.14. The van der Waals surface area contributed by atoms with Crippen molar-refractivity contribution in [2.75, 3.05) is 5.32 Å². The summed E-state index contributed by atoms with van der Waals surface area (Å²) in [5.41, 5.74) is 1.62. The first-order valence-corrected chi connectivity index (χ1v) is 9.54. The van der Waals surface area contributed by atoms with Crippen molar-refractivity contribution in [2.24, 2.45) is 5.14 Å². The quantitative estimate of drug-likeness (QED) is 0.696. The number of benzene rings is 2. The average Bonchev–Trinajstić information content (AvgIpc) is 2.63. The number of nitrogens with one attached hydrogen (secondary N) is 1. The summed E-state index contributed by atoms with van der Waals surface area (Å²) in [5.74, 6) is -1.18. The third-order valence-electron chi connectivity index (χ3n) is 3.91. The van der Waals surface area contributed by atoms with Gasteiger partial charge in [-0.25, -0.2) is 22.3 Å². The first-order valence-electron chi connectivity index (χ1n) is 8.00. The van der Waals surface area contributed by atoms with E-state index in [1.54, 1.807) is 24.3 Å². The van der Waals surface area contributed by atoms with Gasteiger partial charge in [-0.3, -0.25) is 0 Å². The van der Waals surface area contributed by atoms with E-state index in [4.69, 9.17) is 5.14 Å². The molecule has 9 heteroatoms. The van der Waals surface area contributed by atoms with Crippen LogP contribution in [-0.2, 0) is 16.4 Å². The number of aryl methyl sites for hydroxylation is 1. The minimum absolute atomic E-state index is 0.0416. The van der Waals surface area contributed by atoms with Crippen LogP contribution in [0.5, 0.6) is 0 Å². The van der Waals surface area contributed by atoms with E-state index in [1.165, 1.54) is 12.1 Å². The van der Waals surface area contributed by atoms with Gasteiger partial charge in [-0.05, 0) is 42.3 Å². The Balaban J connectivity index is 1.89. The lowest BCUT2D eigenvalue weighted by molar-refractivity contribution is 0.586. The first kappa shape index (κ1) is 18.9. The highest BCUT2D eigenvalue weighted by atomic mass is 32.2. The third kappa shape index (κ3) is 4.26. The van der Waals surface area contributed by atoms with Gasteiger partial charge in [-0.15, -0.1) is 10.2 Å². The molecule has 0 aliphatic heterocycles. The maximum atomic E-state index is 13.7. The Hall–Kier alpha value is -2.91. The summed E-state index contributed by atoms with van der Waals surface area (Å²) >= 11 is 0. The van der Waals surface area contributed by atoms with E-state index in [9.17, 15) is 17.2 Å². The molecule has 3 N–H and O–H groups in total. The molecule has 1 heterocycles. The number of anilines is 2. The number of halogens is 2. The number of rotatable bonds is 5. The Bertz CT molecular complexity index is 1090. The van der Waals surface area contributed by atoms with Crippen LogP contribution in [0.1, 0.15) is 12.5 Å². The molecule has 2 aromatic carbocycles. The lowest BCUT2D eigenvalue weighted by Gasteiger charge is -2.09. The fourth-order valence-electron chi connectivity index (χ4n) is 2.55. The number of hydrogen-bond donors (Lipinski definition) is 2. The molecule has 0 saturated carbocycles. The summed E-state index contributed by atoms with van der Waals surface area (Å²) in [6.07, 6.45) is 0.518. The fraction of sp³-hybridized carbons (Fsp3) is 0.111. The van der Waals surface area contributed by atoms with Crippen LogP contribution in [0.3, 0.4) is 0 Å². The Labute approximate surface area is 155 Å². The zero-order chi connectivity index (χ0) is 19.6. The molecule has 0 amide bonds. The SMILES string of the molecule is CCc1ccc(-c2ccc(Nc3ccc(F)cc3F)nn2)cc1S(N)(=O)=O. The minimum atomic E-state index is -3.87. The topological polar surface area (TPSA) is 98.0 Å². The molecule has 0 spiro atoms. The van der Waals surface area contributed by atoms with Crippen molar-refractivity contribution in [2.45, 2.75) is 18.2 Å². The van der Waals surface area contributed by atoms with Crippen LogP contribution < -0.4 is 10.5 Å². The van der Waals surface area contributed by atoms with Gasteiger partial charge >= 0.3 is 0 Å². The van der Waals surface area contributed by atoms with Gasteiger partial charge in [-0.1, -0.05) is 19.1 Å². The standard InChI is InChI=1S/C18H16F2N4O2S/c1-2-11-3-4-12(9-17(11)27(21,25)26)15-7-8-18(24-23-15)22-16-6-5-13(19)10-14(16)20/h3-10H,2H2,1H3,(H,22,24)(H2,21,25,26). The van der Waals surface area contributed by atoms with E-state index in [1.807, 2.05) is 6.92 Å². The number of hydrogen-bond acceptors (Lipinski definition) is 5. The number of nitrogens with zero attached hydrogens (tertiary/aromatic N) is 2. The normalized spacial score (nSPS) is 11.4. The smallest absolute Gasteiger partial charge is 0.238 e. The van der Waals surface area contributed by atoms with E-state index in [-0.39, 0.29) is 16.4 Å². The molecule has 0 atom stereocenters. The minimum Gasteiger partial charge on any atom is -0.336 e. The first-order chi connectivity index (χ1) is 12.8. The summed E-state index contributed by atoms with van der Waals surface area (Å²) in [5, 5.41) is 16.0. The molecule has 27 heavy (non-hydrogen) atoms. The van der Waals surface area contributed by atoms with Crippen LogP contribution in [0.2, 0.25) is 0 Å². The summed E-state index contributed by atoms with van der Waals surface area (Å²) in [7, 11) is -3.87. The monoisotopic (exact) mass is 390 g/mol. The van der Waals surface area contributed by atoms with Gasteiger partial charge in [0.25, 0.3) is 0 Å². The molecular formula is C18H16F2N4O2S. The van der Waals surface area contributed by atoms with E-state index in [0.717, 1.165) is 12.1 Å². The van der Waals surface area contributed by atoms with Gasteiger partial charge in [0, 0.05) is 11.6 Å². The van der Waals surface area contributed by atoms with Gasteiger partial charge in [0.15, 0.2) is 5.82 Å². The van der Waals surface area contributed by atoms with E-state index in [0.29, 0.717) is 23.2 Å². The zero-order valence-electron chi connectivity index (χ0n) is 14.3. The molecular weight excluding hydrogens is 374 g/mol. The molecule has 3 aromatic rings. The van der Waals surface area contributed by atoms with Crippen molar-refractivity contribution in [1.29, 1.82) is 0 Å². The van der Waals surface area contributed by atoms with Crippen LogP contribution in [0.15, 0.2) is 53.4 Å². The highest BCUT2D eigenvalue weighted by Gasteiger charge is 2.15. The van der Waals surface area contributed by atoms with E-state index in [2.05, 4.69) is 15.5 Å². The highest BCUT2D eigenvalue weighted by Crippen LogP contribution is 2.25. The molecule has 0 aliphatic carbocycles. The third-order valence-corrected chi connectivity index (χ3v) is 4.90. The second-order valence-electron chi connectivity index (χ2n) is 5.77. The predicted octanol–water partition coefficient (Wildman–Crippen LogP) is 3.38. The molecule has 0 unspecified atom stereocenters. The van der Waals surface area contributed by atoms with Crippen LogP contribution in [0.25, 0.3) is 11.3 Å². The van der Waals surface area contributed by atoms with E-state index >= 15 is 0 Å². The van der Waals surface area contributed by atoms with Crippen molar-refractivity contribution in [3.8, 4) is 11.3 Å². The Morgan fingerprint density at radius 2 is 1.81 bits per heavy atom. The summed E-state index contributed by atoms with van der Waals surface area (Å²) in [4.78, 5) is 0.0416. The van der Waals surface area contributed by atoms with Crippen molar-refractivity contribution >= 4 is 21.5 Å². The molecule has 0 radical (unpaired) electrons. The molecule has 6 nitrogen and oxygen atoms in total. The van der Waals surface area contributed by atoms with Crippen molar-refractivity contribution in [3.63, 3.8) is 0 Å². The number of primary sulfonamides is 1. The molecule has 140 valence electrons. The number of nitrogens with two attached hydrogens (primary N) is 1. The van der Waals surface area contributed by atoms with Gasteiger partial charge < -0.3 is 5.32 Å². The Kier molecular flexibility index (Phi) is 5.15. The van der Waals surface area contributed by atoms with Crippen LogP contribution in [0, 0.1) is 11.6 Å². The number of aromatic nitrogens is 2. The maximum absolute atomic E-state index is 13.7. The second kappa shape index (κ2) is 7.37. The predicted molar refractivity (Wildman–Crippen MR) is 97.9 cm³/mol. The van der Waals surface area contributed by atoms with Crippen LogP contribution in [0.4, 0.5) is 20.3 Å². The molecule has 3 rings (SSSR count). The number of sulfonamides is 1. The zero-order valence-corrected chi connectivity index (χ0v) is 15.1. The Morgan fingerprint density at radius 1 is 1.04 bits per heavy atom. The van der Waals surface area contributed by atoms with E-state index < -0.39 is 21.7 Å². The lowest BCUT2D eigenvalue weighted by atomic mass is 10.1. The second-order valence-corrected chi connectivity index (χ2v) is 7.30. The van der Waals surface area contributed by atoms with Crippen molar-refractivity contribution in [3.05, 3.63) is 65.7 Å².